The SMILES string of the molecule is COc1ccc(C(=O)c2cc(CC(=O)NO)c(-c3ccc(Cl)cc3)s2)cc1. The summed E-state index contributed by atoms with van der Waals surface area (Å²) in [4.78, 5) is 25.8. The summed E-state index contributed by atoms with van der Waals surface area (Å²) in [6.07, 6.45) is -0.0408. The van der Waals surface area contributed by atoms with Gasteiger partial charge in [0, 0.05) is 15.5 Å². The average Bonchev–Trinajstić information content (AvgIpc) is 3.11. The third-order valence-electron chi connectivity index (χ3n) is 3.97. The van der Waals surface area contributed by atoms with Gasteiger partial charge < -0.3 is 4.74 Å². The number of benzene rings is 2. The van der Waals surface area contributed by atoms with E-state index in [4.69, 9.17) is 21.5 Å². The number of ether oxygens (including phenoxy) is 1. The summed E-state index contributed by atoms with van der Waals surface area (Å²) in [5.41, 5.74) is 3.66. The molecule has 3 aromatic rings. The quantitative estimate of drug-likeness (QED) is 0.365. The van der Waals surface area contributed by atoms with E-state index in [1.165, 1.54) is 11.3 Å². The summed E-state index contributed by atoms with van der Waals surface area (Å²) in [5, 5.41) is 9.44. The maximum absolute atomic E-state index is 12.9. The second-order valence-corrected chi connectivity index (χ2v) is 7.23. The largest absolute Gasteiger partial charge is 0.497 e. The van der Waals surface area contributed by atoms with Crippen molar-refractivity contribution in [3.05, 3.63) is 75.6 Å². The third kappa shape index (κ3) is 4.36. The zero-order chi connectivity index (χ0) is 19.4. The topological polar surface area (TPSA) is 75.6 Å². The molecule has 0 atom stereocenters. The monoisotopic (exact) mass is 401 g/mol. The molecule has 3 rings (SSSR count). The van der Waals surface area contributed by atoms with E-state index in [9.17, 15) is 9.59 Å². The van der Waals surface area contributed by atoms with Crippen LogP contribution in [0.2, 0.25) is 5.02 Å². The van der Waals surface area contributed by atoms with Gasteiger partial charge in [0.25, 0.3) is 0 Å². The van der Waals surface area contributed by atoms with Gasteiger partial charge in [0.15, 0.2) is 0 Å². The Morgan fingerprint density at radius 1 is 1.11 bits per heavy atom. The van der Waals surface area contributed by atoms with E-state index >= 15 is 0 Å². The molecule has 138 valence electrons. The summed E-state index contributed by atoms with van der Waals surface area (Å²) in [5.74, 6) is -0.0279. The van der Waals surface area contributed by atoms with Gasteiger partial charge in [0.05, 0.1) is 18.4 Å². The van der Waals surface area contributed by atoms with Crippen molar-refractivity contribution in [2.75, 3.05) is 7.11 Å². The zero-order valence-corrected chi connectivity index (χ0v) is 15.9. The van der Waals surface area contributed by atoms with Crippen LogP contribution in [0.5, 0.6) is 5.75 Å². The van der Waals surface area contributed by atoms with Crippen molar-refractivity contribution >= 4 is 34.6 Å². The highest BCUT2D eigenvalue weighted by molar-refractivity contribution is 7.17. The van der Waals surface area contributed by atoms with Crippen LogP contribution in [-0.2, 0) is 11.2 Å². The van der Waals surface area contributed by atoms with Crippen molar-refractivity contribution in [2.45, 2.75) is 6.42 Å². The molecule has 27 heavy (non-hydrogen) atoms. The van der Waals surface area contributed by atoms with Crippen molar-refractivity contribution in [1.29, 1.82) is 0 Å². The minimum absolute atomic E-state index is 0.0408. The van der Waals surface area contributed by atoms with Crippen molar-refractivity contribution in [3.63, 3.8) is 0 Å². The number of thiophene rings is 1. The molecule has 0 saturated heterocycles. The van der Waals surface area contributed by atoms with Gasteiger partial charge in [-0.25, -0.2) is 5.48 Å². The van der Waals surface area contributed by atoms with Gasteiger partial charge in [-0.05, 0) is 53.6 Å². The number of amides is 1. The Kier molecular flexibility index (Phi) is 5.91. The molecule has 0 bridgehead atoms. The first-order valence-corrected chi connectivity index (χ1v) is 9.21. The molecule has 0 aliphatic heterocycles. The number of rotatable bonds is 6. The molecule has 2 aromatic carbocycles. The van der Waals surface area contributed by atoms with Crippen molar-refractivity contribution in [3.8, 4) is 16.2 Å². The Labute approximate surface area is 165 Å². The van der Waals surface area contributed by atoms with Crippen LogP contribution >= 0.6 is 22.9 Å². The van der Waals surface area contributed by atoms with Gasteiger partial charge in [0.1, 0.15) is 5.75 Å². The first-order chi connectivity index (χ1) is 13.0. The number of carbonyl (C=O) groups is 2. The lowest BCUT2D eigenvalue weighted by atomic mass is 10.0. The normalized spacial score (nSPS) is 10.5. The van der Waals surface area contributed by atoms with E-state index in [2.05, 4.69) is 0 Å². The van der Waals surface area contributed by atoms with Gasteiger partial charge in [-0.1, -0.05) is 23.7 Å². The summed E-state index contributed by atoms with van der Waals surface area (Å²) in [7, 11) is 1.56. The molecule has 1 heterocycles. The zero-order valence-electron chi connectivity index (χ0n) is 14.4. The van der Waals surface area contributed by atoms with Crippen LogP contribution < -0.4 is 10.2 Å². The van der Waals surface area contributed by atoms with Crippen LogP contribution in [0.3, 0.4) is 0 Å². The van der Waals surface area contributed by atoms with Crippen LogP contribution in [0, 0.1) is 0 Å². The number of hydrogen-bond donors (Lipinski definition) is 2. The minimum atomic E-state index is -0.550. The van der Waals surface area contributed by atoms with Gasteiger partial charge >= 0.3 is 0 Å². The lowest BCUT2D eigenvalue weighted by Crippen LogP contribution is -2.20. The van der Waals surface area contributed by atoms with Crippen LogP contribution in [0.25, 0.3) is 10.4 Å². The molecular formula is C20H16ClNO4S. The molecule has 0 aliphatic rings. The molecule has 5 nitrogen and oxygen atoms in total. The third-order valence-corrected chi connectivity index (χ3v) is 5.44. The lowest BCUT2D eigenvalue weighted by molar-refractivity contribution is -0.128. The first-order valence-electron chi connectivity index (χ1n) is 8.02. The Bertz CT molecular complexity index is 965. The maximum atomic E-state index is 12.9. The van der Waals surface area contributed by atoms with E-state index in [1.807, 2.05) is 12.1 Å². The number of ketones is 1. The molecule has 0 aliphatic carbocycles. The Morgan fingerprint density at radius 2 is 1.78 bits per heavy atom. The maximum Gasteiger partial charge on any atom is 0.247 e. The molecule has 0 unspecified atom stereocenters. The molecule has 0 spiro atoms. The number of hydroxylamine groups is 1. The molecule has 7 heteroatoms. The molecule has 0 fully saturated rings. The highest BCUT2D eigenvalue weighted by atomic mass is 35.5. The van der Waals surface area contributed by atoms with E-state index in [-0.39, 0.29) is 12.2 Å². The standard InChI is InChI=1S/C20H16ClNO4S/c1-26-16-8-4-12(5-9-16)19(24)17-10-14(11-18(23)22-25)20(27-17)13-2-6-15(21)7-3-13/h2-10,25H,11H2,1H3,(H,22,23). The highest BCUT2D eigenvalue weighted by Crippen LogP contribution is 2.35. The fourth-order valence-corrected chi connectivity index (χ4v) is 3.89. The number of methoxy groups -OCH3 is 1. The minimum Gasteiger partial charge on any atom is -0.497 e. The van der Waals surface area contributed by atoms with Crippen LogP contribution in [0.15, 0.2) is 54.6 Å². The second kappa shape index (κ2) is 8.35. The fraction of sp³-hybridized carbons (Fsp3) is 0.100. The summed E-state index contributed by atoms with van der Waals surface area (Å²) in [6, 6.07) is 15.7. The summed E-state index contributed by atoms with van der Waals surface area (Å²) >= 11 is 7.25. The van der Waals surface area contributed by atoms with E-state index in [0.29, 0.717) is 26.8 Å². The molecular weight excluding hydrogens is 386 g/mol. The lowest BCUT2D eigenvalue weighted by Gasteiger charge is -2.03. The number of halogens is 1. The first kappa shape index (κ1) is 19.1. The van der Waals surface area contributed by atoms with Crippen molar-refractivity contribution < 1.29 is 19.5 Å². The Hall–Kier alpha value is -2.67. The Balaban J connectivity index is 2.00. The molecule has 0 radical (unpaired) electrons. The van der Waals surface area contributed by atoms with Gasteiger partial charge in [-0.3, -0.25) is 14.8 Å². The van der Waals surface area contributed by atoms with Crippen molar-refractivity contribution in [2.24, 2.45) is 0 Å². The number of hydrogen-bond acceptors (Lipinski definition) is 5. The molecule has 2 N–H and O–H groups in total. The van der Waals surface area contributed by atoms with Gasteiger partial charge in [-0.15, -0.1) is 11.3 Å². The van der Waals surface area contributed by atoms with E-state index in [1.54, 1.807) is 55.1 Å². The molecule has 1 aromatic heterocycles. The van der Waals surface area contributed by atoms with Gasteiger partial charge in [0.2, 0.25) is 11.7 Å². The summed E-state index contributed by atoms with van der Waals surface area (Å²) in [6.45, 7) is 0. The molecule has 0 saturated carbocycles. The predicted octanol–water partition coefficient (Wildman–Crippen LogP) is 4.36. The highest BCUT2D eigenvalue weighted by Gasteiger charge is 2.19. The van der Waals surface area contributed by atoms with Crippen LogP contribution in [0.4, 0.5) is 0 Å². The van der Waals surface area contributed by atoms with Gasteiger partial charge in [-0.2, -0.15) is 0 Å². The second-order valence-electron chi connectivity index (χ2n) is 5.74. The number of carbonyl (C=O) groups excluding carboxylic acids is 2. The summed E-state index contributed by atoms with van der Waals surface area (Å²) < 4.78 is 5.11. The van der Waals surface area contributed by atoms with Crippen LogP contribution in [-0.4, -0.2) is 24.0 Å². The number of nitrogens with one attached hydrogen (secondary N) is 1. The van der Waals surface area contributed by atoms with E-state index in [0.717, 1.165) is 10.4 Å². The molecule has 1 amide bonds. The van der Waals surface area contributed by atoms with E-state index < -0.39 is 5.91 Å². The smallest absolute Gasteiger partial charge is 0.247 e. The fourth-order valence-electron chi connectivity index (χ4n) is 2.61. The van der Waals surface area contributed by atoms with Crippen LogP contribution in [0.1, 0.15) is 20.8 Å². The predicted molar refractivity (Wildman–Crippen MR) is 105 cm³/mol. The average molecular weight is 402 g/mol. The van der Waals surface area contributed by atoms with Crippen molar-refractivity contribution in [1.82, 2.24) is 5.48 Å². The Morgan fingerprint density at radius 3 is 2.37 bits per heavy atom.